The second-order valence-electron chi connectivity index (χ2n) is 4.47. The van der Waals surface area contributed by atoms with Crippen LogP contribution in [0.3, 0.4) is 0 Å². The first-order valence-corrected chi connectivity index (χ1v) is 6.80. The van der Waals surface area contributed by atoms with Crippen molar-refractivity contribution in [1.82, 2.24) is 9.97 Å². The summed E-state index contributed by atoms with van der Waals surface area (Å²) in [5, 5.41) is 13.3. The van der Waals surface area contributed by atoms with Crippen LogP contribution in [-0.2, 0) is 4.74 Å². The van der Waals surface area contributed by atoms with Gasteiger partial charge in [-0.1, -0.05) is 0 Å². The van der Waals surface area contributed by atoms with Gasteiger partial charge in [-0.2, -0.15) is 0 Å². The van der Waals surface area contributed by atoms with Gasteiger partial charge in [0, 0.05) is 6.61 Å². The smallest absolute Gasteiger partial charge is 0.346 e. The third-order valence-corrected chi connectivity index (χ3v) is 4.38. The molecule has 0 aromatic carbocycles. The molecule has 7 heteroatoms. The van der Waals surface area contributed by atoms with E-state index in [0.717, 1.165) is 24.0 Å². The van der Waals surface area contributed by atoms with E-state index in [1.165, 1.54) is 17.7 Å². The highest BCUT2D eigenvalue weighted by Crippen LogP contribution is 2.33. The van der Waals surface area contributed by atoms with E-state index in [0.29, 0.717) is 22.1 Å². The number of aromatic nitrogens is 2. The van der Waals surface area contributed by atoms with E-state index < -0.39 is 5.97 Å². The number of carboxylic acids is 1. The maximum Gasteiger partial charge on any atom is 0.346 e. The Kier molecular flexibility index (Phi) is 3.08. The Morgan fingerprint density at radius 3 is 3.11 bits per heavy atom. The van der Waals surface area contributed by atoms with Crippen LogP contribution in [-0.4, -0.2) is 40.3 Å². The van der Waals surface area contributed by atoms with E-state index in [2.05, 4.69) is 15.3 Å². The first-order valence-electron chi connectivity index (χ1n) is 5.98. The predicted octanol–water partition coefficient (Wildman–Crippen LogP) is 1.90. The normalized spacial score (nSPS) is 18.9. The molecule has 19 heavy (non-hydrogen) atoms. The molecule has 1 aliphatic rings. The molecular weight excluding hydrogens is 266 g/mol. The molecule has 1 atom stereocenters. The van der Waals surface area contributed by atoms with Crippen molar-refractivity contribution in [1.29, 1.82) is 0 Å². The lowest BCUT2D eigenvalue weighted by Gasteiger charge is -2.12. The molecule has 2 N–H and O–H groups in total. The van der Waals surface area contributed by atoms with Gasteiger partial charge in [0.2, 0.25) is 0 Å². The predicted molar refractivity (Wildman–Crippen MR) is 72.0 cm³/mol. The van der Waals surface area contributed by atoms with Crippen molar-refractivity contribution in [2.24, 2.45) is 0 Å². The number of nitrogens with one attached hydrogen (secondary N) is 1. The van der Waals surface area contributed by atoms with Crippen molar-refractivity contribution in [3.8, 4) is 0 Å². The second kappa shape index (κ2) is 4.75. The fourth-order valence-corrected chi connectivity index (χ4v) is 3.21. The fraction of sp³-hybridized carbons (Fsp3) is 0.417. The summed E-state index contributed by atoms with van der Waals surface area (Å²) in [4.78, 5) is 20.6. The molecule has 0 unspecified atom stereocenters. The zero-order valence-electron chi connectivity index (χ0n) is 10.3. The van der Waals surface area contributed by atoms with Crippen molar-refractivity contribution in [2.75, 3.05) is 18.5 Å². The minimum Gasteiger partial charge on any atom is -0.477 e. The van der Waals surface area contributed by atoms with Crippen molar-refractivity contribution < 1.29 is 14.6 Å². The number of anilines is 1. The number of hydrogen-bond acceptors (Lipinski definition) is 6. The Morgan fingerprint density at radius 1 is 1.58 bits per heavy atom. The maximum absolute atomic E-state index is 11.2. The molecule has 3 heterocycles. The fourth-order valence-electron chi connectivity index (χ4n) is 2.23. The number of fused-ring (bicyclic) bond motifs is 1. The highest BCUT2D eigenvalue weighted by molar-refractivity contribution is 7.20. The molecule has 100 valence electrons. The minimum absolute atomic E-state index is 0.227. The van der Waals surface area contributed by atoms with Gasteiger partial charge in [0.25, 0.3) is 0 Å². The number of aryl methyl sites for hydroxylation is 1. The Morgan fingerprint density at radius 2 is 2.42 bits per heavy atom. The number of aromatic carboxylic acids is 1. The van der Waals surface area contributed by atoms with E-state index in [1.807, 2.05) is 0 Å². The van der Waals surface area contributed by atoms with Crippen molar-refractivity contribution >= 4 is 33.3 Å². The van der Waals surface area contributed by atoms with Gasteiger partial charge in [-0.15, -0.1) is 11.3 Å². The summed E-state index contributed by atoms with van der Waals surface area (Å²) in [6, 6.07) is 0.227. The number of hydrogen-bond donors (Lipinski definition) is 2. The number of carbonyl (C=O) groups is 1. The average molecular weight is 279 g/mol. The van der Waals surface area contributed by atoms with Gasteiger partial charge < -0.3 is 15.2 Å². The summed E-state index contributed by atoms with van der Waals surface area (Å²) in [6.07, 6.45) is 2.39. The van der Waals surface area contributed by atoms with Crippen molar-refractivity contribution in [2.45, 2.75) is 19.4 Å². The van der Waals surface area contributed by atoms with Crippen LogP contribution in [0.4, 0.5) is 5.82 Å². The molecule has 0 bridgehead atoms. The van der Waals surface area contributed by atoms with Gasteiger partial charge in [0.15, 0.2) is 0 Å². The molecule has 0 amide bonds. The third-order valence-electron chi connectivity index (χ3n) is 3.19. The number of nitrogens with zero attached hydrogens (tertiary/aromatic N) is 2. The first-order chi connectivity index (χ1) is 9.16. The molecule has 1 fully saturated rings. The quantitative estimate of drug-likeness (QED) is 0.892. The monoisotopic (exact) mass is 279 g/mol. The topological polar surface area (TPSA) is 84.3 Å². The highest BCUT2D eigenvalue weighted by Gasteiger charge is 2.21. The van der Waals surface area contributed by atoms with Crippen LogP contribution < -0.4 is 5.32 Å². The Hall–Kier alpha value is -1.73. The minimum atomic E-state index is -0.921. The molecule has 2 aromatic heterocycles. The van der Waals surface area contributed by atoms with Gasteiger partial charge in [-0.3, -0.25) is 0 Å². The van der Waals surface area contributed by atoms with E-state index in [-0.39, 0.29) is 6.04 Å². The Balaban J connectivity index is 2.06. The maximum atomic E-state index is 11.2. The lowest BCUT2D eigenvalue weighted by Crippen LogP contribution is -2.19. The van der Waals surface area contributed by atoms with Crippen LogP contribution in [0.5, 0.6) is 0 Å². The second-order valence-corrected chi connectivity index (χ2v) is 5.47. The van der Waals surface area contributed by atoms with Gasteiger partial charge >= 0.3 is 5.97 Å². The number of ether oxygens (including phenoxy) is 1. The van der Waals surface area contributed by atoms with Crippen LogP contribution in [0.2, 0.25) is 0 Å². The van der Waals surface area contributed by atoms with Crippen LogP contribution in [0.1, 0.15) is 21.7 Å². The van der Waals surface area contributed by atoms with Crippen LogP contribution in [0.15, 0.2) is 6.33 Å². The van der Waals surface area contributed by atoms with E-state index in [9.17, 15) is 4.79 Å². The zero-order chi connectivity index (χ0) is 13.4. The van der Waals surface area contributed by atoms with Crippen LogP contribution in [0.25, 0.3) is 10.2 Å². The van der Waals surface area contributed by atoms with Crippen LogP contribution in [0, 0.1) is 6.92 Å². The summed E-state index contributed by atoms with van der Waals surface area (Å²) in [5.41, 5.74) is 0.717. The Bertz CT molecular complexity index is 634. The standard InChI is InChI=1S/C12H13N3O3S/c1-6-8-10(15-7-2-3-18-4-7)13-5-14-11(8)19-9(6)12(16)17/h5,7H,2-4H2,1H3,(H,16,17)(H,13,14,15)/t7-/m1/s1. The summed E-state index contributed by atoms with van der Waals surface area (Å²) >= 11 is 1.18. The summed E-state index contributed by atoms with van der Waals surface area (Å²) in [5.74, 6) is -0.225. The van der Waals surface area contributed by atoms with Crippen LogP contribution >= 0.6 is 11.3 Å². The summed E-state index contributed by atoms with van der Waals surface area (Å²) in [6.45, 7) is 3.19. The molecule has 1 aliphatic heterocycles. The first kappa shape index (κ1) is 12.3. The van der Waals surface area contributed by atoms with Gasteiger partial charge in [-0.05, 0) is 18.9 Å². The zero-order valence-corrected chi connectivity index (χ0v) is 11.2. The molecule has 0 radical (unpaired) electrons. The SMILES string of the molecule is Cc1c(C(=O)O)sc2ncnc(N[C@@H]3CCOC3)c12. The molecule has 0 spiro atoms. The summed E-state index contributed by atoms with van der Waals surface area (Å²) in [7, 11) is 0. The third kappa shape index (κ3) is 2.15. The molecule has 3 rings (SSSR count). The lowest BCUT2D eigenvalue weighted by atomic mass is 10.2. The highest BCUT2D eigenvalue weighted by atomic mass is 32.1. The molecule has 1 saturated heterocycles. The Labute approximate surface area is 113 Å². The number of rotatable bonds is 3. The number of carboxylic acid groups (broad SMARTS) is 1. The lowest BCUT2D eigenvalue weighted by molar-refractivity contribution is 0.0701. The molecular formula is C12H13N3O3S. The van der Waals surface area contributed by atoms with Gasteiger partial charge in [0.05, 0.1) is 18.0 Å². The molecule has 0 saturated carbocycles. The van der Waals surface area contributed by atoms with E-state index in [1.54, 1.807) is 6.92 Å². The number of thiophene rings is 1. The summed E-state index contributed by atoms with van der Waals surface area (Å²) < 4.78 is 5.32. The van der Waals surface area contributed by atoms with E-state index in [4.69, 9.17) is 9.84 Å². The van der Waals surface area contributed by atoms with Crippen molar-refractivity contribution in [3.05, 3.63) is 16.8 Å². The largest absolute Gasteiger partial charge is 0.477 e. The van der Waals surface area contributed by atoms with Crippen molar-refractivity contribution in [3.63, 3.8) is 0 Å². The van der Waals surface area contributed by atoms with E-state index >= 15 is 0 Å². The molecule has 6 nitrogen and oxygen atoms in total. The molecule has 2 aromatic rings. The van der Waals surface area contributed by atoms with Gasteiger partial charge in [-0.25, -0.2) is 14.8 Å². The van der Waals surface area contributed by atoms with Gasteiger partial charge in [0.1, 0.15) is 21.9 Å². The molecule has 0 aliphatic carbocycles. The average Bonchev–Trinajstić information content (AvgIpc) is 2.98.